The number of carbonyl (C=O) groups excluding carboxylic acids is 2. The molecule has 2 N–H and O–H groups in total. The number of aliphatic hydroxyl groups is 1. The highest BCUT2D eigenvalue weighted by molar-refractivity contribution is 5.73. The largest absolute Gasteiger partial charge is 0.459 e. The standard InChI is InChI=1S/C9H13NO6/c1-4(13)10-6-8(14-3-12)7-5(2-11)15-9(6)16-7/h3,5-9,11H,2H2,1H3,(H,10,13). The molecule has 0 aliphatic carbocycles. The molecule has 0 aromatic heterocycles. The van der Waals surface area contributed by atoms with Crippen molar-refractivity contribution < 1.29 is 28.9 Å². The van der Waals surface area contributed by atoms with Crippen LogP contribution in [-0.2, 0) is 23.8 Å². The SMILES string of the molecule is CC(=O)NC1C2OC(CO)C(O2)C1OC=O. The monoisotopic (exact) mass is 231 g/mol. The van der Waals surface area contributed by atoms with Crippen LogP contribution in [0.5, 0.6) is 0 Å². The Hall–Kier alpha value is -1.18. The molecule has 2 bridgehead atoms. The summed E-state index contributed by atoms with van der Waals surface area (Å²) in [6.07, 6.45) is -2.33. The number of hydrogen-bond acceptors (Lipinski definition) is 6. The van der Waals surface area contributed by atoms with Gasteiger partial charge in [0.15, 0.2) is 12.4 Å². The molecule has 7 nitrogen and oxygen atoms in total. The Morgan fingerprint density at radius 1 is 1.56 bits per heavy atom. The van der Waals surface area contributed by atoms with Crippen LogP contribution in [0.25, 0.3) is 0 Å². The number of hydrogen-bond donors (Lipinski definition) is 2. The topological polar surface area (TPSA) is 94.1 Å². The predicted molar refractivity (Wildman–Crippen MR) is 49.2 cm³/mol. The summed E-state index contributed by atoms with van der Waals surface area (Å²) in [5.41, 5.74) is 0. The van der Waals surface area contributed by atoms with Crippen LogP contribution in [0, 0.1) is 0 Å². The van der Waals surface area contributed by atoms with Crippen LogP contribution in [0.2, 0.25) is 0 Å². The van der Waals surface area contributed by atoms with Gasteiger partial charge in [0.2, 0.25) is 5.91 Å². The number of aliphatic hydroxyl groups excluding tert-OH is 1. The van der Waals surface area contributed by atoms with Gasteiger partial charge in [-0.2, -0.15) is 0 Å². The first kappa shape index (κ1) is 11.3. The highest BCUT2D eigenvalue weighted by atomic mass is 16.8. The third-order valence-corrected chi connectivity index (χ3v) is 2.70. The maximum Gasteiger partial charge on any atom is 0.293 e. The predicted octanol–water partition coefficient (Wildman–Crippen LogP) is -1.85. The summed E-state index contributed by atoms with van der Waals surface area (Å²) in [7, 11) is 0. The second-order valence-corrected chi connectivity index (χ2v) is 3.75. The Morgan fingerprint density at radius 3 is 2.88 bits per heavy atom. The molecule has 2 heterocycles. The van der Waals surface area contributed by atoms with E-state index in [4.69, 9.17) is 19.3 Å². The summed E-state index contributed by atoms with van der Waals surface area (Å²) in [6, 6.07) is -0.518. The number of fused-ring (bicyclic) bond motifs is 2. The summed E-state index contributed by atoms with van der Waals surface area (Å²) < 4.78 is 15.6. The average Bonchev–Trinajstić information content (AvgIpc) is 2.77. The minimum Gasteiger partial charge on any atom is -0.459 e. The van der Waals surface area contributed by atoms with Crippen molar-refractivity contribution in [3.63, 3.8) is 0 Å². The lowest BCUT2D eigenvalue weighted by Gasteiger charge is -2.30. The first-order valence-electron chi connectivity index (χ1n) is 4.95. The molecule has 90 valence electrons. The van der Waals surface area contributed by atoms with Crippen molar-refractivity contribution in [2.75, 3.05) is 6.61 Å². The molecule has 0 saturated carbocycles. The van der Waals surface area contributed by atoms with Gasteiger partial charge in [-0.1, -0.05) is 0 Å². The minimum absolute atomic E-state index is 0.216. The van der Waals surface area contributed by atoms with Crippen molar-refractivity contribution in [2.24, 2.45) is 0 Å². The smallest absolute Gasteiger partial charge is 0.293 e. The van der Waals surface area contributed by atoms with Gasteiger partial charge in [-0.05, 0) is 0 Å². The molecule has 5 unspecified atom stereocenters. The Labute approximate surface area is 91.7 Å². The molecule has 0 aromatic rings. The molecule has 0 radical (unpaired) electrons. The van der Waals surface area contributed by atoms with Gasteiger partial charge in [0, 0.05) is 6.92 Å². The normalized spacial score (nSPS) is 40.8. The second-order valence-electron chi connectivity index (χ2n) is 3.75. The van der Waals surface area contributed by atoms with Crippen molar-refractivity contribution in [3.05, 3.63) is 0 Å². The second kappa shape index (κ2) is 4.36. The zero-order valence-electron chi connectivity index (χ0n) is 8.66. The van der Waals surface area contributed by atoms with E-state index in [-0.39, 0.29) is 12.5 Å². The van der Waals surface area contributed by atoms with Crippen LogP contribution in [0.4, 0.5) is 0 Å². The maximum absolute atomic E-state index is 11.0. The van der Waals surface area contributed by atoms with Crippen molar-refractivity contribution in [1.82, 2.24) is 5.32 Å². The van der Waals surface area contributed by atoms with Gasteiger partial charge in [0.05, 0.1) is 6.61 Å². The van der Waals surface area contributed by atoms with E-state index < -0.39 is 30.6 Å². The fourth-order valence-electron chi connectivity index (χ4n) is 2.10. The maximum atomic E-state index is 11.0. The lowest BCUT2D eigenvalue weighted by Crippen LogP contribution is -2.55. The van der Waals surface area contributed by atoms with Gasteiger partial charge in [-0.15, -0.1) is 0 Å². The minimum atomic E-state index is -0.670. The molecule has 0 spiro atoms. The zero-order valence-corrected chi connectivity index (χ0v) is 8.66. The quantitative estimate of drug-likeness (QED) is 0.551. The van der Waals surface area contributed by atoms with Crippen LogP contribution in [-0.4, -0.2) is 54.7 Å². The van der Waals surface area contributed by atoms with Gasteiger partial charge < -0.3 is 24.6 Å². The molecular formula is C9H13NO6. The number of amides is 1. The zero-order chi connectivity index (χ0) is 11.7. The molecule has 2 saturated heterocycles. The lowest BCUT2D eigenvalue weighted by atomic mass is 10.0. The Kier molecular flexibility index (Phi) is 3.08. The van der Waals surface area contributed by atoms with Gasteiger partial charge in [-0.3, -0.25) is 9.59 Å². The first-order chi connectivity index (χ1) is 7.67. The summed E-state index contributed by atoms with van der Waals surface area (Å²) in [4.78, 5) is 21.3. The van der Waals surface area contributed by atoms with Crippen LogP contribution in [0.3, 0.4) is 0 Å². The lowest BCUT2D eigenvalue weighted by molar-refractivity contribution is -0.146. The molecule has 5 atom stereocenters. The van der Waals surface area contributed by atoms with E-state index in [1.54, 1.807) is 0 Å². The summed E-state index contributed by atoms with van der Waals surface area (Å²) >= 11 is 0. The third kappa shape index (κ3) is 1.77. The Bertz CT molecular complexity index is 296. The van der Waals surface area contributed by atoms with Gasteiger partial charge in [-0.25, -0.2) is 0 Å². The molecule has 2 aliphatic rings. The van der Waals surface area contributed by atoms with E-state index in [0.717, 1.165) is 0 Å². The molecule has 7 heteroatoms. The van der Waals surface area contributed by atoms with Crippen LogP contribution in [0.15, 0.2) is 0 Å². The van der Waals surface area contributed by atoms with Crippen molar-refractivity contribution in [3.8, 4) is 0 Å². The summed E-state index contributed by atoms with van der Waals surface area (Å²) in [5, 5.41) is 11.6. The van der Waals surface area contributed by atoms with Crippen LogP contribution in [0.1, 0.15) is 6.92 Å². The fraction of sp³-hybridized carbons (Fsp3) is 0.778. The van der Waals surface area contributed by atoms with Crippen molar-refractivity contribution >= 4 is 12.4 Å². The molecule has 2 fully saturated rings. The van der Waals surface area contributed by atoms with Crippen LogP contribution >= 0.6 is 0 Å². The highest BCUT2D eigenvalue weighted by Gasteiger charge is 2.57. The third-order valence-electron chi connectivity index (χ3n) is 2.70. The van der Waals surface area contributed by atoms with E-state index in [2.05, 4.69) is 5.32 Å². The van der Waals surface area contributed by atoms with E-state index >= 15 is 0 Å². The number of ether oxygens (including phenoxy) is 3. The van der Waals surface area contributed by atoms with Gasteiger partial charge in [0.1, 0.15) is 18.2 Å². The Morgan fingerprint density at radius 2 is 2.31 bits per heavy atom. The molecule has 2 rings (SSSR count). The molecule has 16 heavy (non-hydrogen) atoms. The highest BCUT2D eigenvalue weighted by Crippen LogP contribution is 2.35. The molecule has 0 aromatic carbocycles. The number of carbonyl (C=O) groups is 2. The number of rotatable bonds is 4. The van der Waals surface area contributed by atoms with Gasteiger partial charge in [0.25, 0.3) is 6.47 Å². The summed E-state index contributed by atoms with van der Waals surface area (Å²) in [5.74, 6) is -0.259. The Balaban J connectivity index is 2.09. The van der Waals surface area contributed by atoms with E-state index in [1.165, 1.54) is 6.92 Å². The first-order valence-corrected chi connectivity index (χ1v) is 4.95. The van der Waals surface area contributed by atoms with Crippen molar-refractivity contribution in [1.29, 1.82) is 0 Å². The van der Waals surface area contributed by atoms with Gasteiger partial charge >= 0.3 is 0 Å². The fourth-order valence-corrected chi connectivity index (χ4v) is 2.10. The molecule has 2 aliphatic heterocycles. The molecular weight excluding hydrogens is 218 g/mol. The van der Waals surface area contributed by atoms with Crippen LogP contribution < -0.4 is 5.32 Å². The van der Waals surface area contributed by atoms with E-state index in [0.29, 0.717) is 6.47 Å². The molecule has 1 amide bonds. The number of nitrogens with one attached hydrogen (secondary N) is 1. The van der Waals surface area contributed by atoms with Crippen molar-refractivity contribution in [2.45, 2.75) is 37.6 Å². The average molecular weight is 231 g/mol. The van der Waals surface area contributed by atoms with E-state index in [9.17, 15) is 9.59 Å². The van der Waals surface area contributed by atoms with E-state index in [1.807, 2.05) is 0 Å². The summed E-state index contributed by atoms with van der Waals surface area (Å²) in [6.45, 7) is 1.44.